The lowest BCUT2D eigenvalue weighted by molar-refractivity contribution is 0.0171. The Balaban J connectivity index is 1.77. The normalized spacial score (nSPS) is 15.4. The quantitative estimate of drug-likeness (QED) is 0.893. The van der Waals surface area contributed by atoms with Crippen LogP contribution in [0.2, 0.25) is 0 Å². The standard InChI is InChI=1S/C18H24FN3O3/c1-18(2,3)25-17(24)22-12-10-21(11-13-22)16(23)20-9-8-14-4-6-15(19)7-5-14/h4-9H,10-13H2,1-3H3,(H,20,23)/b9-8+. The zero-order valence-electron chi connectivity index (χ0n) is 14.8. The lowest BCUT2D eigenvalue weighted by Gasteiger charge is -2.35. The average Bonchev–Trinajstić information content (AvgIpc) is 2.55. The number of amides is 3. The van der Waals surface area contributed by atoms with Crippen LogP contribution in [0, 0.1) is 5.82 Å². The van der Waals surface area contributed by atoms with E-state index in [2.05, 4.69) is 5.32 Å². The molecule has 1 aromatic rings. The van der Waals surface area contributed by atoms with Crippen molar-refractivity contribution in [2.45, 2.75) is 26.4 Å². The van der Waals surface area contributed by atoms with Crippen LogP contribution in [0.25, 0.3) is 6.08 Å². The van der Waals surface area contributed by atoms with E-state index in [9.17, 15) is 14.0 Å². The molecule has 0 aromatic heterocycles. The van der Waals surface area contributed by atoms with Gasteiger partial charge in [-0.05, 0) is 44.5 Å². The summed E-state index contributed by atoms with van der Waals surface area (Å²) in [6, 6.07) is 5.73. The molecule has 1 aliphatic rings. The Labute approximate surface area is 147 Å². The van der Waals surface area contributed by atoms with Crippen LogP contribution >= 0.6 is 0 Å². The van der Waals surface area contributed by atoms with Crippen LogP contribution in [0.4, 0.5) is 14.0 Å². The largest absolute Gasteiger partial charge is 0.444 e. The number of hydrogen-bond acceptors (Lipinski definition) is 3. The highest BCUT2D eigenvalue weighted by atomic mass is 19.1. The predicted octanol–water partition coefficient (Wildman–Crippen LogP) is 3.06. The first-order valence-corrected chi connectivity index (χ1v) is 8.20. The summed E-state index contributed by atoms with van der Waals surface area (Å²) in [5.41, 5.74) is 0.257. The van der Waals surface area contributed by atoms with Crippen molar-refractivity contribution in [3.63, 3.8) is 0 Å². The zero-order valence-corrected chi connectivity index (χ0v) is 14.8. The Morgan fingerprint density at radius 3 is 2.20 bits per heavy atom. The highest BCUT2D eigenvalue weighted by Crippen LogP contribution is 2.12. The van der Waals surface area contributed by atoms with E-state index in [-0.39, 0.29) is 17.9 Å². The molecule has 1 saturated heterocycles. The van der Waals surface area contributed by atoms with Crippen LogP contribution < -0.4 is 5.32 Å². The molecule has 0 saturated carbocycles. The molecule has 6 nitrogen and oxygen atoms in total. The maximum absolute atomic E-state index is 12.8. The number of piperazine rings is 1. The number of halogens is 1. The molecule has 0 atom stereocenters. The minimum absolute atomic E-state index is 0.234. The third-order valence-corrected chi connectivity index (χ3v) is 3.57. The van der Waals surface area contributed by atoms with Gasteiger partial charge in [0, 0.05) is 32.4 Å². The van der Waals surface area contributed by atoms with Crippen molar-refractivity contribution in [2.75, 3.05) is 26.2 Å². The number of ether oxygens (including phenoxy) is 1. The van der Waals surface area contributed by atoms with Gasteiger partial charge in [-0.2, -0.15) is 0 Å². The molecule has 0 unspecified atom stereocenters. The van der Waals surface area contributed by atoms with Gasteiger partial charge in [-0.1, -0.05) is 12.1 Å². The van der Waals surface area contributed by atoms with Crippen LogP contribution in [0.3, 0.4) is 0 Å². The predicted molar refractivity (Wildman–Crippen MR) is 93.3 cm³/mol. The number of carbonyl (C=O) groups is 2. The Hall–Kier alpha value is -2.57. The third-order valence-electron chi connectivity index (χ3n) is 3.57. The molecule has 1 aliphatic heterocycles. The molecule has 1 fully saturated rings. The highest BCUT2D eigenvalue weighted by molar-refractivity contribution is 5.76. The molecule has 1 N–H and O–H groups in total. The number of hydrogen-bond donors (Lipinski definition) is 1. The van der Waals surface area contributed by atoms with Crippen molar-refractivity contribution in [2.24, 2.45) is 0 Å². The summed E-state index contributed by atoms with van der Waals surface area (Å²) in [4.78, 5) is 27.3. The molecule has 0 aliphatic carbocycles. The fourth-order valence-electron chi connectivity index (χ4n) is 2.29. The van der Waals surface area contributed by atoms with Gasteiger partial charge in [0.05, 0.1) is 0 Å². The highest BCUT2D eigenvalue weighted by Gasteiger charge is 2.27. The summed E-state index contributed by atoms with van der Waals surface area (Å²) in [7, 11) is 0. The number of nitrogens with zero attached hydrogens (tertiary/aromatic N) is 2. The van der Waals surface area contributed by atoms with Crippen LogP contribution in [0.5, 0.6) is 0 Å². The second-order valence-electron chi connectivity index (χ2n) is 6.79. The first-order valence-electron chi connectivity index (χ1n) is 8.20. The second-order valence-corrected chi connectivity index (χ2v) is 6.79. The van der Waals surface area contributed by atoms with E-state index in [1.807, 2.05) is 20.8 Å². The van der Waals surface area contributed by atoms with Crippen molar-refractivity contribution in [1.29, 1.82) is 0 Å². The molecule has 1 aromatic carbocycles. The SMILES string of the molecule is CC(C)(C)OC(=O)N1CCN(C(=O)N/C=C/c2ccc(F)cc2)CC1. The number of rotatable bonds is 2. The minimum Gasteiger partial charge on any atom is -0.444 e. The zero-order chi connectivity index (χ0) is 18.4. The first-order chi connectivity index (χ1) is 11.7. The molecule has 0 spiro atoms. The Morgan fingerprint density at radius 1 is 1.08 bits per heavy atom. The van der Waals surface area contributed by atoms with Gasteiger partial charge in [-0.3, -0.25) is 0 Å². The second kappa shape index (κ2) is 8.00. The fraction of sp³-hybridized carbons (Fsp3) is 0.444. The number of benzene rings is 1. The molecule has 136 valence electrons. The fourth-order valence-corrected chi connectivity index (χ4v) is 2.29. The maximum Gasteiger partial charge on any atom is 0.410 e. The monoisotopic (exact) mass is 349 g/mol. The smallest absolute Gasteiger partial charge is 0.410 e. The maximum atomic E-state index is 12.8. The van der Waals surface area contributed by atoms with E-state index >= 15 is 0 Å². The summed E-state index contributed by atoms with van der Waals surface area (Å²) < 4.78 is 18.1. The summed E-state index contributed by atoms with van der Waals surface area (Å²) in [6.45, 7) is 7.21. The van der Waals surface area contributed by atoms with Gasteiger partial charge < -0.3 is 19.9 Å². The molecule has 2 rings (SSSR count). The molecule has 25 heavy (non-hydrogen) atoms. The number of carbonyl (C=O) groups excluding carboxylic acids is 2. The number of nitrogens with one attached hydrogen (secondary N) is 1. The summed E-state index contributed by atoms with van der Waals surface area (Å²) in [5.74, 6) is -0.302. The van der Waals surface area contributed by atoms with Crippen LogP contribution in [-0.2, 0) is 4.74 Å². The van der Waals surface area contributed by atoms with Crippen LogP contribution in [-0.4, -0.2) is 53.7 Å². The van der Waals surface area contributed by atoms with Crippen LogP contribution in [0.15, 0.2) is 30.5 Å². The Kier molecular flexibility index (Phi) is 6.01. The van der Waals surface area contributed by atoms with E-state index in [1.165, 1.54) is 18.3 Å². The van der Waals surface area contributed by atoms with E-state index in [4.69, 9.17) is 4.74 Å². The summed E-state index contributed by atoms with van der Waals surface area (Å²) in [6.07, 6.45) is 2.85. The molecular weight excluding hydrogens is 325 g/mol. The van der Waals surface area contributed by atoms with Crippen molar-refractivity contribution in [3.8, 4) is 0 Å². The number of urea groups is 1. The summed E-state index contributed by atoms with van der Waals surface area (Å²) >= 11 is 0. The lowest BCUT2D eigenvalue weighted by Crippen LogP contribution is -2.53. The van der Waals surface area contributed by atoms with Gasteiger partial charge in [-0.25, -0.2) is 14.0 Å². The van der Waals surface area contributed by atoms with Crippen molar-refractivity contribution in [3.05, 3.63) is 41.8 Å². The van der Waals surface area contributed by atoms with Crippen molar-refractivity contribution in [1.82, 2.24) is 15.1 Å². The van der Waals surface area contributed by atoms with Crippen LogP contribution in [0.1, 0.15) is 26.3 Å². The lowest BCUT2D eigenvalue weighted by atomic mass is 10.2. The van der Waals surface area contributed by atoms with Gasteiger partial charge in [0.25, 0.3) is 0 Å². The topological polar surface area (TPSA) is 61.9 Å². The molecule has 0 bridgehead atoms. The van der Waals surface area contributed by atoms with E-state index in [0.29, 0.717) is 26.2 Å². The summed E-state index contributed by atoms with van der Waals surface area (Å²) in [5, 5.41) is 2.68. The molecule has 7 heteroatoms. The third kappa shape index (κ3) is 6.10. The molecular formula is C18H24FN3O3. The van der Waals surface area contributed by atoms with E-state index in [1.54, 1.807) is 28.0 Å². The molecule has 0 radical (unpaired) electrons. The Morgan fingerprint density at radius 2 is 1.64 bits per heavy atom. The van der Waals surface area contributed by atoms with Crippen molar-refractivity contribution >= 4 is 18.2 Å². The minimum atomic E-state index is -0.531. The van der Waals surface area contributed by atoms with Gasteiger partial charge in [-0.15, -0.1) is 0 Å². The van der Waals surface area contributed by atoms with E-state index < -0.39 is 5.60 Å². The van der Waals surface area contributed by atoms with Gasteiger partial charge in [0.1, 0.15) is 11.4 Å². The van der Waals surface area contributed by atoms with Gasteiger partial charge >= 0.3 is 12.1 Å². The van der Waals surface area contributed by atoms with Crippen molar-refractivity contribution < 1.29 is 18.7 Å². The van der Waals surface area contributed by atoms with E-state index in [0.717, 1.165) is 5.56 Å². The van der Waals surface area contributed by atoms with Gasteiger partial charge in [0.15, 0.2) is 0 Å². The molecule has 1 heterocycles. The Bertz CT molecular complexity index is 630. The molecule has 3 amide bonds. The average molecular weight is 349 g/mol. The first kappa shape index (κ1) is 18.8. The van der Waals surface area contributed by atoms with Gasteiger partial charge in [0.2, 0.25) is 0 Å².